The van der Waals surface area contributed by atoms with Crippen molar-refractivity contribution in [3.63, 3.8) is 0 Å². The standard InChI is InChI=1S/C15H29N3O/c1-14(17-8-4-2-5-9-17)12-16-13-15(19)18-10-6-3-7-11-18/h14,16H,2-13H2,1H3. The second-order valence-corrected chi connectivity index (χ2v) is 6.02. The van der Waals surface area contributed by atoms with Gasteiger partial charge < -0.3 is 10.2 Å². The van der Waals surface area contributed by atoms with Crippen LogP contribution in [0.3, 0.4) is 0 Å². The maximum absolute atomic E-state index is 12.0. The molecular weight excluding hydrogens is 238 g/mol. The molecule has 2 aliphatic rings. The third-order valence-corrected chi connectivity index (χ3v) is 4.44. The summed E-state index contributed by atoms with van der Waals surface area (Å²) in [5, 5.41) is 3.35. The van der Waals surface area contributed by atoms with Crippen molar-refractivity contribution in [2.45, 2.75) is 51.5 Å². The molecule has 1 amide bonds. The first-order valence-corrected chi connectivity index (χ1v) is 8.00. The van der Waals surface area contributed by atoms with Crippen molar-refractivity contribution in [3.05, 3.63) is 0 Å². The van der Waals surface area contributed by atoms with Crippen molar-refractivity contribution in [2.75, 3.05) is 39.3 Å². The SMILES string of the molecule is CC(CNCC(=O)N1CCCCC1)N1CCCCC1. The lowest BCUT2D eigenvalue weighted by Crippen LogP contribution is -2.46. The normalized spacial score (nSPS) is 23.3. The van der Waals surface area contributed by atoms with E-state index < -0.39 is 0 Å². The van der Waals surface area contributed by atoms with Gasteiger partial charge in [-0.2, -0.15) is 0 Å². The lowest BCUT2D eigenvalue weighted by Gasteiger charge is -2.32. The summed E-state index contributed by atoms with van der Waals surface area (Å²) < 4.78 is 0. The molecule has 2 rings (SSSR count). The molecule has 0 aromatic rings. The largest absolute Gasteiger partial charge is 0.342 e. The summed E-state index contributed by atoms with van der Waals surface area (Å²) in [5.41, 5.74) is 0. The van der Waals surface area contributed by atoms with Gasteiger partial charge in [-0.05, 0) is 52.1 Å². The molecule has 110 valence electrons. The summed E-state index contributed by atoms with van der Waals surface area (Å²) >= 11 is 0. The van der Waals surface area contributed by atoms with E-state index >= 15 is 0 Å². The Bertz CT molecular complexity index is 271. The van der Waals surface area contributed by atoms with E-state index in [2.05, 4.69) is 17.1 Å². The Kier molecular flexibility index (Phi) is 6.11. The molecule has 2 saturated heterocycles. The van der Waals surface area contributed by atoms with Gasteiger partial charge in [-0.15, -0.1) is 0 Å². The molecule has 2 aliphatic heterocycles. The van der Waals surface area contributed by atoms with Crippen LogP contribution in [0.5, 0.6) is 0 Å². The fourth-order valence-electron chi connectivity index (χ4n) is 3.13. The third kappa shape index (κ3) is 4.77. The highest BCUT2D eigenvalue weighted by Gasteiger charge is 2.18. The molecule has 1 N–H and O–H groups in total. The second kappa shape index (κ2) is 7.85. The van der Waals surface area contributed by atoms with Gasteiger partial charge in [0.05, 0.1) is 6.54 Å². The van der Waals surface area contributed by atoms with E-state index in [0.29, 0.717) is 12.6 Å². The second-order valence-electron chi connectivity index (χ2n) is 6.02. The number of carbonyl (C=O) groups is 1. The van der Waals surface area contributed by atoms with Gasteiger partial charge >= 0.3 is 0 Å². The smallest absolute Gasteiger partial charge is 0.236 e. The number of nitrogens with zero attached hydrogens (tertiary/aromatic N) is 2. The lowest BCUT2D eigenvalue weighted by molar-refractivity contribution is -0.131. The molecule has 0 radical (unpaired) electrons. The van der Waals surface area contributed by atoms with Crippen LogP contribution >= 0.6 is 0 Å². The molecule has 1 unspecified atom stereocenters. The Morgan fingerprint density at radius 3 is 2.21 bits per heavy atom. The van der Waals surface area contributed by atoms with Gasteiger partial charge in [0.1, 0.15) is 0 Å². The van der Waals surface area contributed by atoms with Gasteiger partial charge in [0.2, 0.25) is 5.91 Å². The summed E-state index contributed by atoms with van der Waals surface area (Å²) in [6, 6.07) is 0.550. The van der Waals surface area contributed by atoms with Crippen molar-refractivity contribution in [1.82, 2.24) is 15.1 Å². The number of rotatable bonds is 5. The summed E-state index contributed by atoms with van der Waals surface area (Å²) in [7, 11) is 0. The predicted molar refractivity (Wildman–Crippen MR) is 78.2 cm³/mol. The average Bonchev–Trinajstić information content (AvgIpc) is 2.49. The number of amides is 1. The van der Waals surface area contributed by atoms with Crippen LogP contribution in [0.1, 0.15) is 45.4 Å². The molecule has 0 spiro atoms. The molecule has 0 aliphatic carbocycles. The van der Waals surface area contributed by atoms with Gasteiger partial charge in [-0.1, -0.05) is 6.42 Å². The Labute approximate surface area is 117 Å². The van der Waals surface area contributed by atoms with Gasteiger partial charge in [-0.3, -0.25) is 9.69 Å². The molecule has 0 aromatic carbocycles. The Morgan fingerprint density at radius 1 is 1.00 bits per heavy atom. The van der Waals surface area contributed by atoms with Crippen molar-refractivity contribution in [3.8, 4) is 0 Å². The molecule has 0 aromatic heterocycles. The molecule has 4 nitrogen and oxygen atoms in total. The maximum Gasteiger partial charge on any atom is 0.236 e. The number of nitrogens with one attached hydrogen (secondary N) is 1. The number of hydrogen-bond donors (Lipinski definition) is 1. The van der Waals surface area contributed by atoms with Crippen LogP contribution in [0.4, 0.5) is 0 Å². The number of piperidine rings is 2. The van der Waals surface area contributed by atoms with E-state index in [4.69, 9.17) is 0 Å². The topological polar surface area (TPSA) is 35.6 Å². The van der Waals surface area contributed by atoms with Crippen LogP contribution in [-0.4, -0.2) is 61.0 Å². The zero-order valence-corrected chi connectivity index (χ0v) is 12.4. The minimum absolute atomic E-state index is 0.283. The first-order chi connectivity index (χ1) is 9.27. The maximum atomic E-state index is 12.0. The lowest BCUT2D eigenvalue weighted by atomic mass is 10.1. The van der Waals surface area contributed by atoms with Gasteiger partial charge in [-0.25, -0.2) is 0 Å². The minimum atomic E-state index is 0.283. The van der Waals surface area contributed by atoms with E-state index in [1.165, 1.54) is 51.6 Å². The van der Waals surface area contributed by atoms with Crippen molar-refractivity contribution >= 4 is 5.91 Å². The molecule has 2 fully saturated rings. The highest BCUT2D eigenvalue weighted by Crippen LogP contribution is 2.11. The molecule has 19 heavy (non-hydrogen) atoms. The summed E-state index contributed by atoms with van der Waals surface area (Å²) in [6.07, 6.45) is 7.67. The fourth-order valence-corrected chi connectivity index (χ4v) is 3.13. The summed E-state index contributed by atoms with van der Waals surface area (Å²) in [5.74, 6) is 0.283. The minimum Gasteiger partial charge on any atom is -0.342 e. The van der Waals surface area contributed by atoms with Crippen LogP contribution in [0, 0.1) is 0 Å². The van der Waals surface area contributed by atoms with Crippen molar-refractivity contribution in [1.29, 1.82) is 0 Å². The first kappa shape index (κ1) is 14.8. The number of hydrogen-bond acceptors (Lipinski definition) is 3. The van der Waals surface area contributed by atoms with Gasteiger partial charge in [0.15, 0.2) is 0 Å². The average molecular weight is 267 g/mol. The molecule has 2 heterocycles. The van der Waals surface area contributed by atoms with Crippen LogP contribution in [-0.2, 0) is 4.79 Å². The van der Waals surface area contributed by atoms with E-state index in [1.807, 2.05) is 4.90 Å². The highest BCUT2D eigenvalue weighted by molar-refractivity contribution is 5.78. The monoisotopic (exact) mass is 267 g/mol. The molecule has 4 heteroatoms. The van der Waals surface area contributed by atoms with Crippen molar-refractivity contribution in [2.24, 2.45) is 0 Å². The molecule has 0 saturated carbocycles. The van der Waals surface area contributed by atoms with Crippen molar-refractivity contribution < 1.29 is 4.79 Å². The Hall–Kier alpha value is -0.610. The zero-order valence-electron chi connectivity index (χ0n) is 12.4. The third-order valence-electron chi connectivity index (χ3n) is 4.44. The number of carbonyl (C=O) groups excluding carboxylic acids is 1. The van der Waals surface area contributed by atoms with Gasteiger partial charge in [0.25, 0.3) is 0 Å². The van der Waals surface area contributed by atoms with Crippen LogP contribution < -0.4 is 5.32 Å². The van der Waals surface area contributed by atoms with E-state index in [0.717, 1.165) is 19.6 Å². The van der Waals surface area contributed by atoms with Crippen LogP contribution in [0.15, 0.2) is 0 Å². The summed E-state index contributed by atoms with van der Waals surface area (Å²) in [6.45, 7) is 8.08. The van der Waals surface area contributed by atoms with Gasteiger partial charge in [0, 0.05) is 25.7 Å². The van der Waals surface area contributed by atoms with E-state index in [-0.39, 0.29) is 5.91 Å². The summed E-state index contributed by atoms with van der Waals surface area (Å²) in [4.78, 5) is 16.6. The van der Waals surface area contributed by atoms with E-state index in [1.54, 1.807) is 0 Å². The Morgan fingerprint density at radius 2 is 1.58 bits per heavy atom. The fraction of sp³-hybridized carbons (Fsp3) is 0.933. The molecule has 1 atom stereocenters. The molecule has 0 bridgehead atoms. The Balaban J connectivity index is 1.60. The number of likely N-dealkylation sites (tertiary alicyclic amines) is 2. The highest BCUT2D eigenvalue weighted by atomic mass is 16.2. The quantitative estimate of drug-likeness (QED) is 0.819. The van der Waals surface area contributed by atoms with Crippen LogP contribution in [0.2, 0.25) is 0 Å². The predicted octanol–water partition coefficient (Wildman–Crippen LogP) is 1.46. The first-order valence-electron chi connectivity index (χ1n) is 8.00. The zero-order chi connectivity index (χ0) is 13.5. The van der Waals surface area contributed by atoms with Crippen LogP contribution in [0.25, 0.3) is 0 Å². The van der Waals surface area contributed by atoms with E-state index in [9.17, 15) is 4.79 Å². The molecular formula is C15H29N3O.